The zero-order valence-electron chi connectivity index (χ0n) is 12.3. The molecule has 1 saturated heterocycles. The van der Waals surface area contributed by atoms with Crippen LogP contribution in [-0.4, -0.2) is 40.1 Å². The molecule has 5 nitrogen and oxygen atoms in total. The highest BCUT2D eigenvalue weighted by molar-refractivity contribution is 5.40. The highest BCUT2D eigenvalue weighted by Gasteiger charge is 2.39. The van der Waals surface area contributed by atoms with Crippen LogP contribution in [-0.2, 0) is 9.47 Å². The van der Waals surface area contributed by atoms with Gasteiger partial charge in [0, 0.05) is 39.2 Å². The molecule has 5 heteroatoms. The first kappa shape index (κ1) is 15.1. The molecule has 2 rings (SSSR count). The lowest BCUT2D eigenvalue weighted by molar-refractivity contribution is -0.105. The first-order valence-corrected chi connectivity index (χ1v) is 6.76. The van der Waals surface area contributed by atoms with E-state index in [-0.39, 0.29) is 6.04 Å². The van der Waals surface area contributed by atoms with Crippen molar-refractivity contribution in [2.75, 3.05) is 34.5 Å². The molecular formula is C15H23NO4. The van der Waals surface area contributed by atoms with Crippen molar-refractivity contribution < 1.29 is 18.9 Å². The van der Waals surface area contributed by atoms with Gasteiger partial charge in [-0.1, -0.05) is 0 Å². The van der Waals surface area contributed by atoms with Crippen molar-refractivity contribution in [3.8, 4) is 11.5 Å². The van der Waals surface area contributed by atoms with Crippen LogP contribution < -0.4 is 15.2 Å². The van der Waals surface area contributed by atoms with E-state index < -0.39 is 5.60 Å². The lowest BCUT2D eigenvalue weighted by Gasteiger charge is -2.40. The molecule has 0 aromatic heterocycles. The normalized spacial score (nSPS) is 19.4. The fourth-order valence-corrected chi connectivity index (χ4v) is 2.67. The van der Waals surface area contributed by atoms with E-state index >= 15 is 0 Å². The Morgan fingerprint density at radius 3 is 2.05 bits per heavy atom. The smallest absolute Gasteiger partial charge is 0.122 e. The molecule has 112 valence electrons. The second-order valence-electron chi connectivity index (χ2n) is 5.00. The van der Waals surface area contributed by atoms with Gasteiger partial charge in [0.1, 0.15) is 11.5 Å². The summed E-state index contributed by atoms with van der Waals surface area (Å²) in [5.74, 6) is 1.46. The van der Waals surface area contributed by atoms with Crippen LogP contribution in [0.1, 0.15) is 24.4 Å². The molecule has 1 unspecified atom stereocenters. The monoisotopic (exact) mass is 281 g/mol. The number of nitrogens with two attached hydrogens (primary N) is 1. The van der Waals surface area contributed by atoms with Crippen molar-refractivity contribution in [1.82, 2.24) is 0 Å². The summed E-state index contributed by atoms with van der Waals surface area (Å²) in [5, 5.41) is 0. The van der Waals surface area contributed by atoms with Gasteiger partial charge in [-0.05, 0) is 17.7 Å². The Morgan fingerprint density at radius 1 is 1.05 bits per heavy atom. The van der Waals surface area contributed by atoms with Crippen molar-refractivity contribution in [3.63, 3.8) is 0 Å². The average Bonchev–Trinajstić information content (AvgIpc) is 2.54. The van der Waals surface area contributed by atoms with Crippen LogP contribution in [0, 0.1) is 0 Å². The molecule has 0 spiro atoms. The summed E-state index contributed by atoms with van der Waals surface area (Å²) in [5.41, 5.74) is 7.03. The Bertz CT molecular complexity index is 421. The maximum Gasteiger partial charge on any atom is 0.122 e. The molecule has 1 atom stereocenters. The minimum atomic E-state index is -0.393. The van der Waals surface area contributed by atoms with Crippen LogP contribution in [0.15, 0.2) is 18.2 Å². The Morgan fingerprint density at radius 2 is 1.60 bits per heavy atom. The summed E-state index contributed by atoms with van der Waals surface area (Å²) < 4.78 is 21.8. The topological polar surface area (TPSA) is 62.9 Å². The van der Waals surface area contributed by atoms with E-state index in [9.17, 15) is 0 Å². The Kier molecular flexibility index (Phi) is 4.86. The van der Waals surface area contributed by atoms with Crippen molar-refractivity contribution in [3.05, 3.63) is 23.8 Å². The molecular weight excluding hydrogens is 258 g/mol. The van der Waals surface area contributed by atoms with Crippen LogP contribution in [0.5, 0.6) is 11.5 Å². The van der Waals surface area contributed by atoms with Crippen LogP contribution in [0.25, 0.3) is 0 Å². The second-order valence-corrected chi connectivity index (χ2v) is 5.00. The highest BCUT2D eigenvalue weighted by Crippen LogP contribution is 2.38. The molecule has 2 N–H and O–H groups in total. The van der Waals surface area contributed by atoms with E-state index in [1.807, 2.05) is 18.2 Å². The van der Waals surface area contributed by atoms with E-state index in [0.29, 0.717) is 13.2 Å². The van der Waals surface area contributed by atoms with Crippen molar-refractivity contribution >= 4 is 0 Å². The quantitative estimate of drug-likeness (QED) is 0.893. The van der Waals surface area contributed by atoms with Crippen LogP contribution in [0.2, 0.25) is 0 Å². The van der Waals surface area contributed by atoms with Crippen molar-refractivity contribution in [2.24, 2.45) is 5.73 Å². The van der Waals surface area contributed by atoms with Gasteiger partial charge in [-0.25, -0.2) is 0 Å². The van der Waals surface area contributed by atoms with Gasteiger partial charge in [-0.2, -0.15) is 0 Å². The number of benzene rings is 1. The molecule has 0 amide bonds. The first-order chi connectivity index (χ1) is 9.65. The molecule has 1 aliphatic rings. The van der Waals surface area contributed by atoms with Gasteiger partial charge in [0.2, 0.25) is 0 Å². The highest BCUT2D eigenvalue weighted by atomic mass is 16.5. The predicted octanol–water partition coefficient (Wildman–Crippen LogP) is 1.90. The number of methoxy groups -OCH3 is 3. The van der Waals surface area contributed by atoms with Gasteiger partial charge >= 0.3 is 0 Å². The third kappa shape index (κ3) is 2.90. The molecule has 0 saturated carbocycles. The molecule has 1 fully saturated rings. The molecule has 1 aliphatic heterocycles. The largest absolute Gasteiger partial charge is 0.497 e. The third-order valence-corrected chi connectivity index (χ3v) is 4.05. The Labute approximate surface area is 120 Å². The molecule has 0 radical (unpaired) electrons. The number of hydrogen-bond donors (Lipinski definition) is 1. The molecule has 0 aliphatic carbocycles. The van der Waals surface area contributed by atoms with E-state index in [1.54, 1.807) is 21.3 Å². The minimum Gasteiger partial charge on any atom is -0.497 e. The first-order valence-electron chi connectivity index (χ1n) is 6.76. The summed E-state index contributed by atoms with van der Waals surface area (Å²) in [6.45, 7) is 1.34. The van der Waals surface area contributed by atoms with Gasteiger partial charge in [0.15, 0.2) is 0 Å². The van der Waals surface area contributed by atoms with E-state index in [1.165, 1.54) is 0 Å². The molecule has 0 bridgehead atoms. The zero-order valence-corrected chi connectivity index (χ0v) is 12.3. The Hall–Kier alpha value is -1.30. The van der Waals surface area contributed by atoms with Crippen LogP contribution >= 0.6 is 0 Å². The van der Waals surface area contributed by atoms with E-state index in [4.69, 9.17) is 24.7 Å². The van der Waals surface area contributed by atoms with Gasteiger partial charge in [-0.15, -0.1) is 0 Å². The maximum atomic E-state index is 6.47. The summed E-state index contributed by atoms with van der Waals surface area (Å²) in [4.78, 5) is 0. The molecule has 1 aromatic rings. The summed E-state index contributed by atoms with van der Waals surface area (Å²) in [6.07, 6.45) is 1.56. The summed E-state index contributed by atoms with van der Waals surface area (Å²) in [6, 6.07) is 5.45. The lowest BCUT2D eigenvalue weighted by atomic mass is 9.82. The van der Waals surface area contributed by atoms with Crippen molar-refractivity contribution in [2.45, 2.75) is 24.5 Å². The number of rotatable bonds is 5. The lowest BCUT2D eigenvalue weighted by Crippen LogP contribution is -2.47. The SMILES string of the molecule is COc1cc(OC)cc(C(N)C2(OC)CCOCC2)c1. The van der Waals surface area contributed by atoms with Gasteiger partial charge in [-0.3, -0.25) is 0 Å². The second kappa shape index (κ2) is 6.43. The van der Waals surface area contributed by atoms with Gasteiger partial charge in [0.25, 0.3) is 0 Å². The van der Waals surface area contributed by atoms with E-state index in [2.05, 4.69) is 0 Å². The molecule has 1 aromatic carbocycles. The fourth-order valence-electron chi connectivity index (χ4n) is 2.67. The average molecular weight is 281 g/mol. The molecule has 20 heavy (non-hydrogen) atoms. The van der Waals surface area contributed by atoms with Crippen LogP contribution in [0.3, 0.4) is 0 Å². The summed E-state index contributed by atoms with van der Waals surface area (Å²) >= 11 is 0. The van der Waals surface area contributed by atoms with Gasteiger partial charge < -0.3 is 24.7 Å². The zero-order chi connectivity index (χ0) is 14.6. The van der Waals surface area contributed by atoms with Crippen LogP contribution in [0.4, 0.5) is 0 Å². The number of hydrogen-bond acceptors (Lipinski definition) is 5. The minimum absolute atomic E-state index is 0.250. The maximum absolute atomic E-state index is 6.47. The fraction of sp³-hybridized carbons (Fsp3) is 0.600. The third-order valence-electron chi connectivity index (χ3n) is 4.05. The number of ether oxygens (including phenoxy) is 4. The van der Waals surface area contributed by atoms with E-state index in [0.717, 1.165) is 29.9 Å². The predicted molar refractivity (Wildman–Crippen MR) is 76.3 cm³/mol. The summed E-state index contributed by atoms with van der Waals surface area (Å²) in [7, 11) is 4.97. The molecule has 1 heterocycles. The standard InChI is InChI=1S/C15H23NO4/c1-17-12-8-11(9-13(10-12)18-2)14(16)15(19-3)4-6-20-7-5-15/h8-10,14H,4-7,16H2,1-3H3. The van der Waals surface area contributed by atoms with Crippen molar-refractivity contribution in [1.29, 1.82) is 0 Å². The van der Waals surface area contributed by atoms with Gasteiger partial charge in [0.05, 0.1) is 25.9 Å². The Balaban J connectivity index is 2.33.